The van der Waals surface area contributed by atoms with E-state index in [2.05, 4.69) is 5.32 Å². The molecular weight excluding hydrogens is 383 g/mol. The molecule has 2 aromatic carbocycles. The second-order valence-electron chi connectivity index (χ2n) is 6.61. The number of amides is 1. The van der Waals surface area contributed by atoms with Crippen LogP contribution < -0.4 is 5.32 Å². The molecule has 0 spiro atoms. The maximum atomic E-state index is 13.7. The van der Waals surface area contributed by atoms with Crippen molar-refractivity contribution < 1.29 is 22.3 Å². The Morgan fingerprint density at radius 2 is 1.89 bits per heavy atom. The van der Waals surface area contributed by atoms with Crippen molar-refractivity contribution in [3.05, 3.63) is 58.9 Å². The Hall–Kier alpha value is -2.29. The van der Waals surface area contributed by atoms with Crippen molar-refractivity contribution in [1.29, 1.82) is 0 Å². The predicted molar refractivity (Wildman–Crippen MR) is 104 cm³/mol. The van der Waals surface area contributed by atoms with Gasteiger partial charge in [0, 0.05) is 24.3 Å². The molecule has 150 valence electrons. The molecule has 0 aromatic heterocycles. The summed E-state index contributed by atoms with van der Waals surface area (Å²) in [5.41, 5.74) is 1.63. The average Bonchev–Trinajstić information content (AvgIpc) is 2.71. The minimum absolute atomic E-state index is 0.125. The van der Waals surface area contributed by atoms with Crippen LogP contribution in [0.1, 0.15) is 28.4 Å². The largest absolute Gasteiger partial charge is 0.379 e. The monoisotopic (exact) mass is 406 g/mol. The van der Waals surface area contributed by atoms with Crippen molar-refractivity contribution in [1.82, 2.24) is 4.31 Å². The third kappa shape index (κ3) is 4.24. The standard InChI is InChI=1S/C20H23FN2O4S/c1-3-15-5-6-16(20(24)22-17-7-4-14(2)18(21)13-17)12-19(15)28(25,26)23-8-10-27-11-9-23/h4-7,12-13H,3,8-11H2,1-2H3,(H,22,24). The van der Waals surface area contributed by atoms with Gasteiger partial charge in [-0.05, 0) is 48.7 Å². The highest BCUT2D eigenvalue weighted by molar-refractivity contribution is 7.89. The first-order valence-electron chi connectivity index (χ1n) is 9.11. The number of carbonyl (C=O) groups is 1. The second-order valence-corrected chi connectivity index (χ2v) is 8.52. The molecule has 0 aliphatic carbocycles. The second kappa shape index (κ2) is 8.38. The van der Waals surface area contributed by atoms with Gasteiger partial charge in [-0.2, -0.15) is 4.31 Å². The number of aryl methyl sites for hydroxylation is 2. The topological polar surface area (TPSA) is 75.7 Å². The lowest BCUT2D eigenvalue weighted by Gasteiger charge is -2.27. The van der Waals surface area contributed by atoms with Gasteiger partial charge in [0.15, 0.2) is 0 Å². The highest BCUT2D eigenvalue weighted by atomic mass is 32.2. The third-order valence-electron chi connectivity index (χ3n) is 4.73. The maximum absolute atomic E-state index is 13.7. The molecule has 0 atom stereocenters. The van der Waals surface area contributed by atoms with Crippen LogP contribution in [0, 0.1) is 12.7 Å². The van der Waals surface area contributed by atoms with Gasteiger partial charge in [-0.15, -0.1) is 0 Å². The van der Waals surface area contributed by atoms with Gasteiger partial charge >= 0.3 is 0 Å². The number of ether oxygens (including phenoxy) is 1. The summed E-state index contributed by atoms with van der Waals surface area (Å²) in [7, 11) is -3.73. The SMILES string of the molecule is CCc1ccc(C(=O)Nc2ccc(C)c(F)c2)cc1S(=O)(=O)N1CCOCC1. The molecule has 1 heterocycles. The van der Waals surface area contributed by atoms with Gasteiger partial charge in [0.05, 0.1) is 18.1 Å². The van der Waals surface area contributed by atoms with E-state index in [-0.39, 0.29) is 23.5 Å². The van der Waals surface area contributed by atoms with Crippen molar-refractivity contribution in [2.24, 2.45) is 0 Å². The molecule has 1 amide bonds. The van der Waals surface area contributed by atoms with E-state index < -0.39 is 21.7 Å². The van der Waals surface area contributed by atoms with E-state index in [9.17, 15) is 17.6 Å². The summed E-state index contributed by atoms with van der Waals surface area (Å²) < 4.78 is 46.5. The summed E-state index contributed by atoms with van der Waals surface area (Å²) in [5, 5.41) is 2.61. The first kappa shape index (κ1) is 20.4. The number of rotatable bonds is 5. The third-order valence-corrected chi connectivity index (χ3v) is 6.71. The number of benzene rings is 2. The number of anilines is 1. The maximum Gasteiger partial charge on any atom is 0.255 e. The zero-order valence-electron chi connectivity index (χ0n) is 15.9. The number of carbonyl (C=O) groups excluding carboxylic acids is 1. The smallest absolute Gasteiger partial charge is 0.255 e. The van der Waals surface area contributed by atoms with Crippen LogP contribution in [0.4, 0.5) is 10.1 Å². The molecule has 1 aliphatic rings. The fraction of sp³-hybridized carbons (Fsp3) is 0.350. The van der Waals surface area contributed by atoms with E-state index in [1.807, 2.05) is 6.92 Å². The molecular formula is C20H23FN2O4S. The van der Waals surface area contributed by atoms with Crippen LogP contribution in [0.5, 0.6) is 0 Å². The lowest BCUT2D eigenvalue weighted by Crippen LogP contribution is -2.41. The zero-order chi connectivity index (χ0) is 20.3. The van der Waals surface area contributed by atoms with E-state index in [1.165, 1.54) is 16.4 Å². The minimum atomic E-state index is -3.73. The van der Waals surface area contributed by atoms with Gasteiger partial charge in [0.1, 0.15) is 5.82 Å². The van der Waals surface area contributed by atoms with Crippen molar-refractivity contribution in [2.75, 3.05) is 31.6 Å². The number of sulfonamides is 1. The van der Waals surface area contributed by atoms with Crippen LogP contribution in [0.3, 0.4) is 0 Å². The molecule has 2 aromatic rings. The lowest BCUT2D eigenvalue weighted by molar-refractivity contribution is 0.0730. The molecule has 8 heteroatoms. The fourth-order valence-electron chi connectivity index (χ4n) is 3.03. The predicted octanol–water partition coefficient (Wildman–Crippen LogP) is 2.97. The zero-order valence-corrected chi connectivity index (χ0v) is 16.7. The van der Waals surface area contributed by atoms with E-state index in [1.54, 1.807) is 31.2 Å². The highest BCUT2D eigenvalue weighted by Crippen LogP contribution is 2.24. The first-order valence-corrected chi connectivity index (χ1v) is 10.5. The number of hydrogen-bond donors (Lipinski definition) is 1. The summed E-state index contributed by atoms with van der Waals surface area (Å²) in [6.45, 7) is 4.75. The van der Waals surface area contributed by atoms with Gasteiger partial charge in [0.2, 0.25) is 10.0 Å². The number of nitrogens with one attached hydrogen (secondary N) is 1. The molecule has 3 rings (SSSR count). The number of nitrogens with zero attached hydrogens (tertiary/aromatic N) is 1. The van der Waals surface area contributed by atoms with Crippen LogP contribution in [-0.2, 0) is 21.2 Å². The molecule has 0 radical (unpaired) electrons. The van der Waals surface area contributed by atoms with Crippen molar-refractivity contribution >= 4 is 21.6 Å². The molecule has 28 heavy (non-hydrogen) atoms. The molecule has 1 N–H and O–H groups in total. The van der Waals surface area contributed by atoms with Crippen LogP contribution in [0.2, 0.25) is 0 Å². The Kier molecular flexibility index (Phi) is 6.12. The van der Waals surface area contributed by atoms with Gasteiger partial charge in [-0.1, -0.05) is 19.1 Å². The summed E-state index contributed by atoms with van der Waals surface area (Å²) >= 11 is 0. The summed E-state index contributed by atoms with van der Waals surface area (Å²) in [5.74, 6) is -0.918. The Morgan fingerprint density at radius 1 is 1.18 bits per heavy atom. The Labute approximate surface area is 164 Å². The average molecular weight is 406 g/mol. The van der Waals surface area contributed by atoms with Crippen molar-refractivity contribution in [3.63, 3.8) is 0 Å². The van der Waals surface area contributed by atoms with Crippen LogP contribution in [0.15, 0.2) is 41.3 Å². The van der Waals surface area contributed by atoms with E-state index in [4.69, 9.17) is 4.74 Å². The fourth-order valence-corrected chi connectivity index (χ4v) is 4.76. The number of hydrogen-bond acceptors (Lipinski definition) is 4. The van der Waals surface area contributed by atoms with E-state index in [0.717, 1.165) is 0 Å². The molecule has 6 nitrogen and oxygen atoms in total. The van der Waals surface area contributed by atoms with Crippen LogP contribution in [-0.4, -0.2) is 44.9 Å². The molecule has 1 saturated heterocycles. The van der Waals surface area contributed by atoms with Crippen LogP contribution in [0.25, 0.3) is 0 Å². The molecule has 0 bridgehead atoms. The summed E-state index contributed by atoms with van der Waals surface area (Å²) in [6, 6.07) is 9.03. The minimum Gasteiger partial charge on any atom is -0.379 e. The van der Waals surface area contributed by atoms with Crippen molar-refractivity contribution in [2.45, 2.75) is 25.2 Å². The quantitative estimate of drug-likeness (QED) is 0.828. The van der Waals surface area contributed by atoms with Crippen molar-refractivity contribution in [3.8, 4) is 0 Å². The Balaban J connectivity index is 1.91. The molecule has 1 fully saturated rings. The number of halogens is 1. The van der Waals surface area contributed by atoms with Crippen LogP contribution >= 0.6 is 0 Å². The normalized spacial score (nSPS) is 15.4. The Morgan fingerprint density at radius 3 is 2.54 bits per heavy atom. The van der Waals surface area contributed by atoms with Gasteiger partial charge in [0.25, 0.3) is 5.91 Å². The van der Waals surface area contributed by atoms with E-state index in [0.29, 0.717) is 36.4 Å². The highest BCUT2D eigenvalue weighted by Gasteiger charge is 2.29. The van der Waals surface area contributed by atoms with E-state index >= 15 is 0 Å². The summed E-state index contributed by atoms with van der Waals surface area (Å²) in [4.78, 5) is 12.7. The summed E-state index contributed by atoms with van der Waals surface area (Å²) in [6.07, 6.45) is 0.518. The molecule has 1 aliphatic heterocycles. The van der Waals surface area contributed by atoms with Gasteiger partial charge < -0.3 is 10.1 Å². The Bertz CT molecular complexity index is 986. The first-order chi connectivity index (χ1) is 13.3. The lowest BCUT2D eigenvalue weighted by atomic mass is 10.1. The van der Waals surface area contributed by atoms with Gasteiger partial charge in [-0.3, -0.25) is 4.79 Å². The molecule has 0 unspecified atom stereocenters. The number of morpholine rings is 1. The van der Waals surface area contributed by atoms with Gasteiger partial charge in [-0.25, -0.2) is 12.8 Å². The molecule has 0 saturated carbocycles.